The van der Waals surface area contributed by atoms with Gasteiger partial charge in [0.15, 0.2) is 0 Å². The molecule has 1 saturated heterocycles. The number of likely N-dealkylation sites (tertiary alicyclic amines) is 1. The molecule has 5 nitrogen and oxygen atoms in total. The Morgan fingerprint density at radius 2 is 2.06 bits per heavy atom. The summed E-state index contributed by atoms with van der Waals surface area (Å²) >= 11 is 0. The number of nitro benzene ring substituents is 1. The van der Waals surface area contributed by atoms with Crippen molar-refractivity contribution in [3.8, 4) is 6.07 Å². The Morgan fingerprint density at radius 3 is 2.65 bits per heavy atom. The zero-order chi connectivity index (χ0) is 12.3. The van der Waals surface area contributed by atoms with E-state index in [0.29, 0.717) is 12.1 Å². The molecule has 0 bridgehead atoms. The van der Waals surface area contributed by atoms with Crippen LogP contribution in [-0.2, 0) is 6.54 Å². The van der Waals surface area contributed by atoms with Crippen LogP contribution < -0.4 is 0 Å². The number of hydrogen-bond acceptors (Lipinski definition) is 4. The fourth-order valence-corrected chi connectivity index (χ4v) is 2.13. The second-order valence-electron chi connectivity index (χ2n) is 4.24. The molecule has 0 amide bonds. The molecule has 1 fully saturated rings. The monoisotopic (exact) mass is 231 g/mol. The van der Waals surface area contributed by atoms with Crippen LogP contribution in [0.25, 0.3) is 0 Å². The van der Waals surface area contributed by atoms with Crippen molar-refractivity contribution in [2.24, 2.45) is 0 Å². The van der Waals surface area contributed by atoms with Crippen molar-refractivity contribution < 1.29 is 4.92 Å². The van der Waals surface area contributed by atoms with Crippen LogP contribution >= 0.6 is 0 Å². The molecule has 1 aromatic rings. The number of rotatable bonds is 3. The molecule has 5 heteroatoms. The van der Waals surface area contributed by atoms with Crippen LogP contribution in [-0.4, -0.2) is 22.9 Å². The van der Waals surface area contributed by atoms with Crippen LogP contribution in [0.5, 0.6) is 0 Å². The summed E-state index contributed by atoms with van der Waals surface area (Å²) in [5.74, 6) is 0. The van der Waals surface area contributed by atoms with Gasteiger partial charge in [-0.15, -0.1) is 0 Å². The molecule has 88 valence electrons. The predicted octanol–water partition coefficient (Wildman–Crippen LogP) is 2.06. The highest BCUT2D eigenvalue weighted by atomic mass is 16.6. The summed E-state index contributed by atoms with van der Waals surface area (Å²) in [6.45, 7) is 2.76. The summed E-state index contributed by atoms with van der Waals surface area (Å²) in [7, 11) is 0. The normalized spacial score (nSPS) is 15.7. The summed E-state index contributed by atoms with van der Waals surface area (Å²) in [4.78, 5) is 12.5. The first-order chi connectivity index (χ1) is 8.19. The van der Waals surface area contributed by atoms with Crippen LogP contribution in [0.4, 0.5) is 5.69 Å². The van der Waals surface area contributed by atoms with Gasteiger partial charge in [0.2, 0.25) is 0 Å². The lowest BCUT2D eigenvalue weighted by Crippen LogP contribution is -2.18. The van der Waals surface area contributed by atoms with Crippen LogP contribution in [0.1, 0.15) is 24.0 Å². The first kappa shape index (κ1) is 11.6. The van der Waals surface area contributed by atoms with Gasteiger partial charge in [-0.3, -0.25) is 15.0 Å². The van der Waals surface area contributed by atoms with Gasteiger partial charge in [0.05, 0.1) is 16.6 Å². The lowest BCUT2D eigenvalue weighted by atomic mass is 10.1. The minimum absolute atomic E-state index is 0.00162. The van der Waals surface area contributed by atoms with E-state index in [1.807, 2.05) is 6.07 Å². The number of nitro groups is 1. The van der Waals surface area contributed by atoms with Crippen molar-refractivity contribution in [3.63, 3.8) is 0 Å². The van der Waals surface area contributed by atoms with Crippen molar-refractivity contribution >= 4 is 5.69 Å². The summed E-state index contributed by atoms with van der Waals surface area (Å²) in [5, 5.41) is 19.6. The van der Waals surface area contributed by atoms with E-state index in [2.05, 4.69) is 4.90 Å². The van der Waals surface area contributed by atoms with E-state index in [1.165, 1.54) is 18.9 Å². The maximum Gasteiger partial charge on any atom is 0.271 e. The standard InChI is InChI=1S/C12H13N3O2/c13-8-10-5-11(7-12(6-10)15(16)17)9-14-3-1-2-4-14/h5-7H,1-4,9H2. The molecular weight excluding hydrogens is 218 g/mol. The molecular formula is C12H13N3O2. The van der Waals surface area contributed by atoms with E-state index in [9.17, 15) is 10.1 Å². The lowest BCUT2D eigenvalue weighted by molar-refractivity contribution is -0.384. The van der Waals surface area contributed by atoms with E-state index in [4.69, 9.17) is 5.26 Å². The first-order valence-electron chi connectivity index (χ1n) is 5.60. The summed E-state index contributed by atoms with van der Waals surface area (Å²) in [6.07, 6.45) is 2.36. The van der Waals surface area contributed by atoms with Gasteiger partial charge in [0, 0.05) is 18.7 Å². The van der Waals surface area contributed by atoms with E-state index in [0.717, 1.165) is 18.7 Å². The van der Waals surface area contributed by atoms with Crippen molar-refractivity contribution in [1.82, 2.24) is 4.90 Å². The molecule has 1 aromatic carbocycles. The largest absolute Gasteiger partial charge is 0.299 e. The number of nitriles is 1. The Labute approximate surface area is 99.4 Å². The smallest absolute Gasteiger partial charge is 0.271 e. The number of non-ortho nitro benzene ring substituents is 1. The zero-order valence-electron chi connectivity index (χ0n) is 9.43. The summed E-state index contributed by atoms with van der Waals surface area (Å²) in [5.41, 5.74) is 1.20. The lowest BCUT2D eigenvalue weighted by Gasteiger charge is -2.14. The Morgan fingerprint density at radius 1 is 1.35 bits per heavy atom. The second kappa shape index (κ2) is 4.93. The van der Waals surface area contributed by atoms with Gasteiger partial charge < -0.3 is 0 Å². The van der Waals surface area contributed by atoms with Gasteiger partial charge >= 0.3 is 0 Å². The maximum absolute atomic E-state index is 10.7. The fourth-order valence-electron chi connectivity index (χ4n) is 2.13. The molecule has 0 atom stereocenters. The van der Waals surface area contributed by atoms with Gasteiger partial charge in [-0.1, -0.05) is 0 Å². The molecule has 0 spiro atoms. The quantitative estimate of drug-likeness (QED) is 0.589. The molecule has 1 aliphatic heterocycles. The average molecular weight is 231 g/mol. The van der Waals surface area contributed by atoms with E-state index in [1.54, 1.807) is 12.1 Å². The Bertz CT molecular complexity index is 473. The van der Waals surface area contributed by atoms with Crippen molar-refractivity contribution in [1.29, 1.82) is 5.26 Å². The summed E-state index contributed by atoms with van der Waals surface area (Å²) in [6, 6.07) is 6.56. The molecule has 0 N–H and O–H groups in total. The van der Waals surface area contributed by atoms with Crippen LogP contribution in [0.3, 0.4) is 0 Å². The molecule has 0 unspecified atom stereocenters. The SMILES string of the molecule is N#Cc1cc(CN2CCCC2)cc([N+](=O)[O-])c1. The number of benzene rings is 1. The highest BCUT2D eigenvalue weighted by Crippen LogP contribution is 2.19. The first-order valence-corrected chi connectivity index (χ1v) is 5.60. The third-order valence-corrected chi connectivity index (χ3v) is 2.92. The minimum Gasteiger partial charge on any atom is -0.299 e. The van der Waals surface area contributed by atoms with Crippen molar-refractivity contribution in [2.45, 2.75) is 19.4 Å². The average Bonchev–Trinajstić information content (AvgIpc) is 2.81. The third kappa shape index (κ3) is 2.80. The molecule has 0 aromatic heterocycles. The third-order valence-electron chi connectivity index (χ3n) is 2.92. The highest BCUT2D eigenvalue weighted by molar-refractivity contribution is 5.44. The van der Waals surface area contributed by atoms with Gasteiger partial charge in [0.1, 0.15) is 0 Å². The number of hydrogen-bond donors (Lipinski definition) is 0. The van der Waals surface area contributed by atoms with Gasteiger partial charge in [-0.2, -0.15) is 5.26 Å². The highest BCUT2D eigenvalue weighted by Gasteiger charge is 2.15. The van der Waals surface area contributed by atoms with E-state index < -0.39 is 4.92 Å². The Balaban J connectivity index is 2.23. The van der Waals surface area contributed by atoms with Crippen molar-refractivity contribution in [3.05, 3.63) is 39.4 Å². The minimum atomic E-state index is -0.450. The van der Waals surface area contributed by atoms with Gasteiger partial charge in [0.25, 0.3) is 5.69 Å². The maximum atomic E-state index is 10.7. The van der Waals surface area contributed by atoms with Crippen molar-refractivity contribution in [2.75, 3.05) is 13.1 Å². The molecule has 2 rings (SSSR count). The van der Waals surface area contributed by atoms with E-state index >= 15 is 0 Å². The van der Waals surface area contributed by atoms with Crippen LogP contribution in [0.15, 0.2) is 18.2 Å². The Kier molecular flexibility index (Phi) is 3.35. The molecule has 17 heavy (non-hydrogen) atoms. The van der Waals surface area contributed by atoms with E-state index in [-0.39, 0.29) is 5.69 Å². The summed E-state index contributed by atoms with van der Waals surface area (Å²) < 4.78 is 0. The Hall–Kier alpha value is -1.93. The molecule has 0 aliphatic carbocycles. The number of nitrogens with zero attached hydrogens (tertiary/aromatic N) is 3. The molecule has 0 saturated carbocycles. The molecule has 0 radical (unpaired) electrons. The fraction of sp³-hybridized carbons (Fsp3) is 0.417. The van der Waals surface area contributed by atoms with Gasteiger partial charge in [-0.05, 0) is 37.6 Å². The molecule has 1 aliphatic rings. The zero-order valence-corrected chi connectivity index (χ0v) is 9.43. The van der Waals surface area contributed by atoms with Gasteiger partial charge in [-0.25, -0.2) is 0 Å². The topological polar surface area (TPSA) is 70.2 Å². The second-order valence-corrected chi connectivity index (χ2v) is 4.24. The van der Waals surface area contributed by atoms with Crippen LogP contribution in [0, 0.1) is 21.4 Å². The van der Waals surface area contributed by atoms with Crippen LogP contribution in [0.2, 0.25) is 0 Å². The molecule has 1 heterocycles. The predicted molar refractivity (Wildman–Crippen MR) is 62.3 cm³/mol.